The third kappa shape index (κ3) is 8.02. The van der Waals surface area contributed by atoms with Crippen molar-refractivity contribution in [3.8, 4) is 66.8 Å². The van der Waals surface area contributed by atoms with Crippen molar-refractivity contribution in [2.75, 3.05) is 4.90 Å². The summed E-state index contributed by atoms with van der Waals surface area (Å²) in [6.45, 7) is 0. The zero-order chi connectivity index (χ0) is 52.2. The fraction of sp³-hybridized carbons (Fsp3) is 0. The highest BCUT2D eigenvalue weighted by atomic mass is 15.1. The van der Waals surface area contributed by atoms with Gasteiger partial charge in [0.25, 0.3) is 0 Å². The van der Waals surface area contributed by atoms with Crippen molar-refractivity contribution in [1.82, 2.24) is 0 Å². The summed E-state index contributed by atoms with van der Waals surface area (Å²) in [5.41, 5.74) is 17.9. The summed E-state index contributed by atoms with van der Waals surface area (Å²) in [7, 11) is 0. The second kappa shape index (κ2) is 19.3. The van der Waals surface area contributed by atoms with Crippen LogP contribution in [-0.2, 0) is 0 Å². The molecule has 0 unspecified atom stereocenters. The fourth-order valence-electron chi connectivity index (χ4n) is 12.6. The van der Waals surface area contributed by atoms with E-state index in [-0.39, 0.29) is 0 Å². The molecule has 0 spiro atoms. The van der Waals surface area contributed by atoms with Gasteiger partial charge < -0.3 is 4.90 Å². The van der Waals surface area contributed by atoms with Crippen LogP contribution in [-0.4, -0.2) is 0 Å². The van der Waals surface area contributed by atoms with Crippen LogP contribution in [0, 0.1) is 0 Å². The maximum absolute atomic E-state index is 2.39. The van der Waals surface area contributed by atoms with E-state index in [0.717, 1.165) is 17.1 Å². The highest BCUT2D eigenvalue weighted by Crippen LogP contribution is 2.45. The predicted octanol–water partition coefficient (Wildman–Crippen LogP) is 22.1. The van der Waals surface area contributed by atoms with E-state index in [1.165, 1.54) is 131 Å². The second-order valence-corrected chi connectivity index (χ2v) is 20.7. The maximum atomic E-state index is 2.39. The lowest BCUT2D eigenvalue weighted by molar-refractivity contribution is 1.28. The minimum atomic E-state index is 1.08. The van der Waals surface area contributed by atoms with Crippen LogP contribution >= 0.6 is 0 Å². The van der Waals surface area contributed by atoms with Crippen molar-refractivity contribution >= 4 is 81.7 Å². The minimum Gasteiger partial charge on any atom is -0.311 e. The van der Waals surface area contributed by atoms with E-state index in [1.807, 2.05) is 0 Å². The van der Waals surface area contributed by atoms with E-state index in [2.05, 4.69) is 314 Å². The molecule has 0 aromatic heterocycles. The van der Waals surface area contributed by atoms with Crippen LogP contribution in [0.3, 0.4) is 0 Å². The molecule has 0 aliphatic carbocycles. The quantitative estimate of drug-likeness (QED) is 0.139. The molecule has 0 bridgehead atoms. The molecular weight excluding hydrogens is 951 g/mol. The zero-order valence-electron chi connectivity index (χ0n) is 43.4. The van der Waals surface area contributed by atoms with E-state index in [0.29, 0.717) is 0 Å². The van der Waals surface area contributed by atoms with Gasteiger partial charge in [0.05, 0.1) is 0 Å². The molecule has 15 rings (SSSR count). The van der Waals surface area contributed by atoms with Crippen molar-refractivity contribution in [1.29, 1.82) is 0 Å². The molecule has 0 amide bonds. The monoisotopic (exact) mass is 1000 g/mol. The molecule has 15 aromatic carbocycles. The topological polar surface area (TPSA) is 3.24 Å². The Morgan fingerprint density at radius 1 is 0.139 bits per heavy atom. The number of hydrogen-bond donors (Lipinski definition) is 0. The second-order valence-electron chi connectivity index (χ2n) is 20.7. The molecule has 1 nitrogen and oxygen atoms in total. The van der Waals surface area contributed by atoms with Gasteiger partial charge in [0.15, 0.2) is 0 Å². The average molecular weight is 1000 g/mol. The zero-order valence-corrected chi connectivity index (χ0v) is 43.4. The third-order valence-corrected chi connectivity index (χ3v) is 16.3. The van der Waals surface area contributed by atoms with E-state index < -0.39 is 0 Å². The number of hydrogen-bond acceptors (Lipinski definition) is 1. The first-order valence-corrected chi connectivity index (χ1v) is 27.3. The first-order chi connectivity index (χ1) is 39.2. The molecule has 79 heavy (non-hydrogen) atoms. The van der Waals surface area contributed by atoms with Gasteiger partial charge in [-0.2, -0.15) is 0 Å². The molecule has 0 atom stereocenters. The van der Waals surface area contributed by atoms with Crippen molar-refractivity contribution in [3.63, 3.8) is 0 Å². The van der Waals surface area contributed by atoms with Crippen molar-refractivity contribution in [2.45, 2.75) is 0 Å². The summed E-state index contributed by atoms with van der Waals surface area (Å²) < 4.78 is 0. The van der Waals surface area contributed by atoms with Crippen LogP contribution in [0.1, 0.15) is 0 Å². The smallest absolute Gasteiger partial charge is 0.0462 e. The van der Waals surface area contributed by atoms with Gasteiger partial charge in [-0.1, -0.05) is 273 Å². The standard InChI is InChI=1S/C78H51N/c1-4-22-61-52(16-1)19-13-31-70(61)76-49-46-64(67-25-7-10-28-73(67)76)55-34-40-58(41-35-55)79(59-42-36-56(37-43-59)65-47-50-77(74-29-11-8-26-68(65)74)71-32-14-20-53-17-2-5-23-62(53)71)60-44-38-57(39-45-60)66-48-51-78(75-30-12-9-27-69(66)75)72-33-15-21-54-18-3-6-24-63(54)72/h1-51H. The van der Waals surface area contributed by atoms with E-state index in [9.17, 15) is 0 Å². The van der Waals surface area contributed by atoms with Gasteiger partial charge in [-0.15, -0.1) is 0 Å². The van der Waals surface area contributed by atoms with Crippen molar-refractivity contribution in [2.24, 2.45) is 0 Å². The molecule has 368 valence electrons. The Balaban J connectivity index is 0.823. The molecule has 0 radical (unpaired) electrons. The lowest BCUT2D eigenvalue weighted by Gasteiger charge is -2.26. The summed E-state index contributed by atoms with van der Waals surface area (Å²) in [4.78, 5) is 2.39. The Hall–Kier alpha value is -10.3. The molecule has 1 heteroatoms. The molecule has 0 fully saturated rings. The first kappa shape index (κ1) is 46.0. The lowest BCUT2D eigenvalue weighted by Crippen LogP contribution is -2.09. The maximum Gasteiger partial charge on any atom is 0.0462 e. The number of fused-ring (bicyclic) bond motifs is 6. The summed E-state index contributed by atoms with van der Waals surface area (Å²) >= 11 is 0. The normalized spacial score (nSPS) is 11.5. The summed E-state index contributed by atoms with van der Waals surface area (Å²) in [6.07, 6.45) is 0. The van der Waals surface area contributed by atoms with Gasteiger partial charge in [-0.25, -0.2) is 0 Å². The van der Waals surface area contributed by atoms with Gasteiger partial charge in [0, 0.05) is 17.1 Å². The number of anilines is 3. The molecule has 0 saturated carbocycles. The van der Waals surface area contributed by atoms with Gasteiger partial charge in [-0.3, -0.25) is 0 Å². The molecule has 0 heterocycles. The molecule has 0 aliphatic rings. The molecule has 0 saturated heterocycles. The third-order valence-electron chi connectivity index (χ3n) is 16.3. The van der Waals surface area contributed by atoms with Crippen molar-refractivity contribution < 1.29 is 0 Å². The van der Waals surface area contributed by atoms with Gasteiger partial charge >= 0.3 is 0 Å². The highest BCUT2D eigenvalue weighted by Gasteiger charge is 2.19. The molecule has 0 N–H and O–H groups in total. The van der Waals surface area contributed by atoms with Crippen LogP contribution in [0.15, 0.2) is 309 Å². The van der Waals surface area contributed by atoms with Crippen molar-refractivity contribution in [3.05, 3.63) is 309 Å². The summed E-state index contributed by atoms with van der Waals surface area (Å²) in [6, 6.07) is 114. The molecular formula is C78H51N. The summed E-state index contributed by atoms with van der Waals surface area (Å²) in [5, 5.41) is 15.0. The van der Waals surface area contributed by atoms with E-state index in [4.69, 9.17) is 0 Å². The lowest BCUT2D eigenvalue weighted by atomic mass is 9.90. The van der Waals surface area contributed by atoms with Gasteiger partial charge in [0.1, 0.15) is 0 Å². The fourth-order valence-corrected chi connectivity index (χ4v) is 12.6. The van der Waals surface area contributed by atoms with Gasteiger partial charge in [-0.05, 0) is 168 Å². The van der Waals surface area contributed by atoms with Gasteiger partial charge in [0.2, 0.25) is 0 Å². The SMILES string of the molecule is c1ccc2c(-c3ccc(-c4ccc(N(c5ccc(-c6ccc(-c7cccc8ccccc78)c7ccccc67)cc5)c5ccc(-c6ccc(-c7cccc8ccccc78)c7ccccc67)cc5)cc4)c4ccccc34)cccc2c1. The Labute approximate surface area is 460 Å². The Morgan fingerprint density at radius 2 is 0.342 bits per heavy atom. The van der Waals surface area contributed by atoms with E-state index >= 15 is 0 Å². The van der Waals surface area contributed by atoms with Crippen LogP contribution < -0.4 is 4.90 Å². The molecule has 15 aromatic rings. The van der Waals surface area contributed by atoms with Crippen LogP contribution in [0.5, 0.6) is 0 Å². The Morgan fingerprint density at radius 3 is 0.620 bits per heavy atom. The Kier molecular flexibility index (Phi) is 11.3. The predicted molar refractivity (Wildman–Crippen MR) is 339 cm³/mol. The number of rotatable bonds is 9. The van der Waals surface area contributed by atoms with Crippen LogP contribution in [0.4, 0.5) is 17.1 Å². The number of benzene rings is 15. The minimum absolute atomic E-state index is 1.08. The largest absolute Gasteiger partial charge is 0.311 e. The average Bonchev–Trinajstić information content (AvgIpc) is 3.57. The first-order valence-electron chi connectivity index (χ1n) is 27.3. The molecule has 0 aliphatic heterocycles. The van der Waals surface area contributed by atoms with Crippen LogP contribution in [0.2, 0.25) is 0 Å². The number of nitrogens with zero attached hydrogens (tertiary/aromatic N) is 1. The Bertz CT molecular complexity index is 4310. The highest BCUT2D eigenvalue weighted by molar-refractivity contribution is 6.13. The summed E-state index contributed by atoms with van der Waals surface area (Å²) in [5.74, 6) is 0. The van der Waals surface area contributed by atoms with E-state index in [1.54, 1.807) is 0 Å². The van der Waals surface area contributed by atoms with Crippen LogP contribution in [0.25, 0.3) is 131 Å².